The molecule has 0 saturated heterocycles. The van der Waals surface area contributed by atoms with Crippen LogP contribution in [0.2, 0.25) is 0 Å². The van der Waals surface area contributed by atoms with Crippen LogP contribution in [0.25, 0.3) is 0 Å². The fraction of sp³-hybridized carbons (Fsp3) is 0.167. The second-order valence-electron chi connectivity index (χ2n) is 1.62. The summed E-state index contributed by atoms with van der Waals surface area (Å²) in [6.45, 7) is 2.04. The molecule has 0 saturated carbocycles. The first-order chi connectivity index (χ1) is 4.33. The summed E-state index contributed by atoms with van der Waals surface area (Å²) in [5.41, 5.74) is 0. The Morgan fingerprint density at radius 1 is 1.56 bits per heavy atom. The van der Waals surface area contributed by atoms with Crippen molar-refractivity contribution in [2.75, 3.05) is 6.66 Å². The van der Waals surface area contributed by atoms with Crippen molar-refractivity contribution >= 4 is 13.9 Å². The van der Waals surface area contributed by atoms with Crippen LogP contribution in [0.4, 0.5) is 4.39 Å². The van der Waals surface area contributed by atoms with E-state index in [2.05, 4.69) is 4.98 Å². The van der Waals surface area contributed by atoms with Crippen molar-refractivity contribution in [2.45, 2.75) is 0 Å². The first kappa shape index (κ1) is 6.63. The van der Waals surface area contributed by atoms with Crippen LogP contribution in [0.5, 0.6) is 0 Å². The van der Waals surface area contributed by atoms with E-state index in [0.29, 0.717) is 8.58 Å². The van der Waals surface area contributed by atoms with Gasteiger partial charge in [0.15, 0.2) is 0 Å². The van der Waals surface area contributed by atoms with Crippen LogP contribution in [0.15, 0.2) is 18.3 Å². The van der Waals surface area contributed by atoms with Gasteiger partial charge in [-0.2, -0.15) is 4.39 Å². The van der Waals surface area contributed by atoms with Crippen LogP contribution in [0, 0.1) is 5.95 Å². The fourth-order valence-corrected chi connectivity index (χ4v) is 0.967. The monoisotopic (exact) mass is 143 g/mol. The molecule has 0 N–H and O–H groups in total. The average molecular weight is 143 g/mol. The van der Waals surface area contributed by atoms with Gasteiger partial charge in [-0.3, -0.25) is 0 Å². The Balaban J connectivity index is 2.88. The van der Waals surface area contributed by atoms with E-state index in [1.54, 1.807) is 12.3 Å². The zero-order valence-corrected chi connectivity index (χ0v) is 6.06. The lowest BCUT2D eigenvalue weighted by molar-refractivity contribution is 0.584. The van der Waals surface area contributed by atoms with Gasteiger partial charge in [-0.25, -0.2) is 4.98 Å². The highest BCUT2D eigenvalue weighted by Crippen LogP contribution is 2.01. The van der Waals surface area contributed by atoms with Crippen LogP contribution in [-0.4, -0.2) is 11.6 Å². The molecule has 0 aliphatic rings. The van der Waals surface area contributed by atoms with Crippen LogP contribution in [0.3, 0.4) is 0 Å². The Morgan fingerprint density at radius 2 is 2.33 bits per heavy atom. The molecule has 0 bridgehead atoms. The minimum atomic E-state index is -0.406. The summed E-state index contributed by atoms with van der Waals surface area (Å²) in [5.74, 6) is -0.406. The van der Waals surface area contributed by atoms with E-state index in [4.69, 9.17) is 0 Å². The van der Waals surface area contributed by atoms with E-state index in [0.717, 1.165) is 5.30 Å². The number of pyridine rings is 1. The van der Waals surface area contributed by atoms with E-state index in [-0.39, 0.29) is 0 Å². The van der Waals surface area contributed by atoms with Crippen LogP contribution in [-0.2, 0) is 0 Å². The predicted molar refractivity (Wildman–Crippen MR) is 38.1 cm³/mol. The quantitative estimate of drug-likeness (QED) is 0.424. The van der Waals surface area contributed by atoms with Crippen LogP contribution >= 0.6 is 8.58 Å². The lowest BCUT2D eigenvalue weighted by atomic mass is 10.5. The number of nitrogens with zero attached hydrogens (tertiary/aromatic N) is 1. The largest absolute Gasteiger partial charge is 0.228 e. The third kappa shape index (κ3) is 1.72. The molecule has 1 heterocycles. The topological polar surface area (TPSA) is 12.9 Å². The molecule has 0 fully saturated rings. The minimum Gasteiger partial charge on any atom is -0.228 e. The molecule has 1 aromatic rings. The summed E-state index contributed by atoms with van der Waals surface area (Å²) in [6.07, 6.45) is 1.56. The van der Waals surface area contributed by atoms with E-state index >= 15 is 0 Å². The highest BCUT2D eigenvalue weighted by molar-refractivity contribution is 7.46. The zero-order chi connectivity index (χ0) is 6.69. The van der Waals surface area contributed by atoms with E-state index in [1.807, 2.05) is 6.66 Å². The first-order valence-corrected chi connectivity index (χ1v) is 4.12. The zero-order valence-electron chi connectivity index (χ0n) is 5.06. The lowest BCUT2D eigenvalue weighted by Crippen LogP contribution is -1.94. The Bertz CT molecular complexity index is 185. The van der Waals surface area contributed by atoms with Gasteiger partial charge in [-0.1, -0.05) is 8.58 Å². The number of aromatic nitrogens is 1. The average Bonchev–Trinajstić information content (AvgIpc) is 1.90. The maximum atomic E-state index is 12.1. The summed E-state index contributed by atoms with van der Waals surface area (Å²) in [4.78, 5) is 3.49. The van der Waals surface area contributed by atoms with Crippen LogP contribution in [0.1, 0.15) is 0 Å². The van der Waals surface area contributed by atoms with Gasteiger partial charge in [0.25, 0.3) is 0 Å². The molecule has 0 radical (unpaired) electrons. The van der Waals surface area contributed by atoms with E-state index < -0.39 is 5.95 Å². The van der Waals surface area contributed by atoms with Crippen molar-refractivity contribution in [3.05, 3.63) is 24.3 Å². The molecule has 1 nitrogen and oxygen atoms in total. The van der Waals surface area contributed by atoms with Crippen molar-refractivity contribution in [1.82, 2.24) is 4.98 Å². The highest BCUT2D eigenvalue weighted by atomic mass is 31.1. The highest BCUT2D eigenvalue weighted by Gasteiger charge is 1.88. The maximum Gasteiger partial charge on any atom is 0.212 e. The van der Waals surface area contributed by atoms with Crippen molar-refractivity contribution in [3.8, 4) is 0 Å². The Labute approximate surface area is 55.1 Å². The minimum absolute atomic E-state index is 0.406. The molecule has 0 aromatic carbocycles. The predicted octanol–water partition coefficient (Wildman–Crippen LogP) is 1.15. The van der Waals surface area contributed by atoms with Gasteiger partial charge in [0.2, 0.25) is 5.95 Å². The van der Waals surface area contributed by atoms with E-state index in [1.165, 1.54) is 6.07 Å². The molecule has 0 aliphatic heterocycles. The molecule has 0 spiro atoms. The first-order valence-electron chi connectivity index (χ1n) is 2.62. The molecular weight excluding hydrogens is 136 g/mol. The van der Waals surface area contributed by atoms with Gasteiger partial charge in [0, 0.05) is 6.20 Å². The van der Waals surface area contributed by atoms with Gasteiger partial charge in [-0.05, 0) is 24.1 Å². The molecule has 0 amide bonds. The van der Waals surface area contributed by atoms with Crippen molar-refractivity contribution in [3.63, 3.8) is 0 Å². The Kier molecular flexibility index (Phi) is 2.12. The molecule has 9 heavy (non-hydrogen) atoms. The molecule has 0 aliphatic carbocycles. The van der Waals surface area contributed by atoms with Gasteiger partial charge in [-0.15, -0.1) is 0 Å². The van der Waals surface area contributed by atoms with Gasteiger partial charge in [0.1, 0.15) is 0 Å². The summed E-state index contributed by atoms with van der Waals surface area (Å²) in [5, 5.41) is 1.09. The van der Waals surface area contributed by atoms with Crippen LogP contribution < -0.4 is 5.30 Å². The van der Waals surface area contributed by atoms with Gasteiger partial charge >= 0.3 is 0 Å². The molecule has 48 valence electrons. The fourth-order valence-electron chi connectivity index (χ4n) is 0.524. The van der Waals surface area contributed by atoms with Crippen molar-refractivity contribution < 1.29 is 4.39 Å². The summed E-state index contributed by atoms with van der Waals surface area (Å²) in [7, 11) is 0.697. The number of hydrogen-bond acceptors (Lipinski definition) is 1. The molecule has 3 heteroatoms. The van der Waals surface area contributed by atoms with Gasteiger partial charge in [0.05, 0.1) is 0 Å². The third-order valence-electron chi connectivity index (χ3n) is 1.02. The molecule has 1 atom stereocenters. The summed E-state index contributed by atoms with van der Waals surface area (Å²) < 4.78 is 12.1. The summed E-state index contributed by atoms with van der Waals surface area (Å²) >= 11 is 0. The standard InChI is InChI=1S/C6H7FNP/c1-9-5-2-3-6(7)8-4-5/h2-4,9H,1H3. The Morgan fingerprint density at radius 3 is 2.78 bits per heavy atom. The molecule has 1 unspecified atom stereocenters. The number of hydrogen-bond donors (Lipinski definition) is 0. The molecule has 1 aromatic heterocycles. The summed E-state index contributed by atoms with van der Waals surface area (Å²) in [6, 6.07) is 3.13. The normalized spacial score (nSPS) is 10.9. The van der Waals surface area contributed by atoms with Crippen molar-refractivity contribution in [1.29, 1.82) is 0 Å². The Hall–Kier alpha value is -0.490. The molecule has 1 rings (SSSR count). The smallest absolute Gasteiger partial charge is 0.212 e. The lowest BCUT2D eigenvalue weighted by Gasteiger charge is -1.91. The maximum absolute atomic E-state index is 12.1. The van der Waals surface area contributed by atoms with Gasteiger partial charge < -0.3 is 0 Å². The SMILES string of the molecule is CPc1ccc(F)nc1. The second kappa shape index (κ2) is 2.88. The van der Waals surface area contributed by atoms with Crippen molar-refractivity contribution in [2.24, 2.45) is 0 Å². The second-order valence-corrected chi connectivity index (χ2v) is 2.70. The molecular formula is C6H7FNP. The number of rotatable bonds is 1. The van der Waals surface area contributed by atoms with E-state index in [9.17, 15) is 4.39 Å². The third-order valence-corrected chi connectivity index (χ3v) is 1.89. The number of halogens is 1.